The maximum absolute atomic E-state index is 13.5. The number of rotatable bonds is 7. The SMILES string of the molecule is O=C(CC1CCC(S(=O)(=O)CC2CC2)CC1)NC1CCC(C(=O)N2CCCCC3CCCCC32)CC1. The van der Waals surface area contributed by atoms with Crippen LogP contribution in [0.4, 0.5) is 0 Å². The first-order valence-corrected chi connectivity index (χ1v) is 16.9. The third-order valence-corrected chi connectivity index (χ3v) is 12.6. The van der Waals surface area contributed by atoms with E-state index >= 15 is 0 Å². The van der Waals surface area contributed by atoms with Crippen molar-refractivity contribution in [1.29, 1.82) is 0 Å². The van der Waals surface area contributed by atoms with Gasteiger partial charge in [0.2, 0.25) is 11.8 Å². The van der Waals surface area contributed by atoms with Crippen molar-refractivity contribution in [3.63, 3.8) is 0 Å². The number of nitrogens with one attached hydrogen (secondary N) is 1. The Labute approximate surface area is 218 Å². The van der Waals surface area contributed by atoms with E-state index in [0.29, 0.717) is 41.9 Å². The minimum atomic E-state index is -2.96. The molecule has 1 saturated heterocycles. The van der Waals surface area contributed by atoms with Gasteiger partial charge < -0.3 is 10.2 Å². The highest BCUT2D eigenvalue weighted by Gasteiger charge is 2.39. The first kappa shape index (κ1) is 26.5. The summed E-state index contributed by atoms with van der Waals surface area (Å²) in [5.41, 5.74) is 0. The molecule has 0 spiro atoms. The Balaban J connectivity index is 1.03. The molecule has 1 N–H and O–H groups in total. The Morgan fingerprint density at radius 1 is 0.722 bits per heavy atom. The van der Waals surface area contributed by atoms with Gasteiger partial charge in [-0.3, -0.25) is 9.59 Å². The average Bonchev–Trinajstić information content (AvgIpc) is 3.70. The second kappa shape index (κ2) is 11.7. The van der Waals surface area contributed by atoms with Crippen LogP contribution in [0.3, 0.4) is 0 Å². The van der Waals surface area contributed by atoms with Crippen molar-refractivity contribution in [2.75, 3.05) is 12.3 Å². The van der Waals surface area contributed by atoms with Crippen LogP contribution in [0.5, 0.6) is 0 Å². The standard InChI is InChI=1S/C29H48N2O4S/c32-28(19-21-10-16-26(17-11-21)36(34,35)20-22-8-9-22)30-25-14-12-24(13-15-25)29(33)31-18-4-3-6-23-5-1-2-7-27(23)31/h21-27H,1-20H2,(H,30,32). The lowest BCUT2D eigenvalue weighted by Crippen LogP contribution is -2.49. The van der Waals surface area contributed by atoms with E-state index in [4.69, 9.17) is 0 Å². The topological polar surface area (TPSA) is 83.5 Å². The molecule has 2 atom stereocenters. The molecule has 5 fully saturated rings. The molecular weight excluding hydrogens is 472 g/mol. The molecule has 0 radical (unpaired) electrons. The maximum atomic E-state index is 13.5. The summed E-state index contributed by atoms with van der Waals surface area (Å²) in [6.45, 7) is 0.945. The quantitative estimate of drug-likeness (QED) is 0.512. The number of amides is 2. The zero-order valence-electron chi connectivity index (χ0n) is 22.2. The first-order chi connectivity index (χ1) is 17.4. The molecule has 5 rings (SSSR count). The lowest BCUT2D eigenvalue weighted by molar-refractivity contribution is -0.140. The van der Waals surface area contributed by atoms with E-state index in [1.807, 2.05) is 0 Å². The highest BCUT2D eigenvalue weighted by molar-refractivity contribution is 7.92. The van der Waals surface area contributed by atoms with Crippen molar-refractivity contribution in [3.8, 4) is 0 Å². The summed E-state index contributed by atoms with van der Waals surface area (Å²) in [5, 5.41) is 3.07. The van der Waals surface area contributed by atoms with Gasteiger partial charge in [0.05, 0.1) is 11.0 Å². The average molecular weight is 521 g/mol. The van der Waals surface area contributed by atoms with E-state index in [0.717, 1.165) is 77.2 Å². The van der Waals surface area contributed by atoms with Crippen molar-refractivity contribution in [2.45, 2.75) is 133 Å². The second-order valence-corrected chi connectivity index (χ2v) is 15.2. The molecule has 4 saturated carbocycles. The summed E-state index contributed by atoms with van der Waals surface area (Å²) in [5.74, 6) is 2.46. The fraction of sp³-hybridized carbons (Fsp3) is 0.931. The van der Waals surface area contributed by atoms with Gasteiger partial charge in [0.1, 0.15) is 0 Å². The van der Waals surface area contributed by atoms with Gasteiger partial charge in [-0.25, -0.2) is 8.42 Å². The summed E-state index contributed by atoms with van der Waals surface area (Å²) in [6, 6.07) is 0.660. The molecule has 7 heteroatoms. The fourth-order valence-corrected chi connectivity index (χ4v) is 10.0. The van der Waals surface area contributed by atoms with E-state index < -0.39 is 9.84 Å². The number of hydrogen-bond acceptors (Lipinski definition) is 4. The Bertz CT molecular complexity index is 870. The van der Waals surface area contributed by atoms with Crippen LogP contribution >= 0.6 is 0 Å². The molecule has 6 nitrogen and oxygen atoms in total. The second-order valence-electron chi connectivity index (χ2n) is 12.9. The molecule has 4 aliphatic carbocycles. The van der Waals surface area contributed by atoms with Crippen molar-refractivity contribution < 1.29 is 18.0 Å². The number of nitrogens with zero attached hydrogens (tertiary/aromatic N) is 1. The molecule has 5 aliphatic rings. The lowest BCUT2D eigenvalue weighted by Gasteiger charge is -2.41. The predicted molar refractivity (Wildman–Crippen MR) is 142 cm³/mol. The van der Waals surface area contributed by atoms with Crippen LogP contribution in [-0.2, 0) is 19.4 Å². The molecule has 0 aromatic heterocycles. The molecule has 1 aliphatic heterocycles. The Morgan fingerprint density at radius 3 is 2.06 bits per heavy atom. The highest BCUT2D eigenvalue weighted by Crippen LogP contribution is 2.38. The molecule has 1 heterocycles. The van der Waals surface area contributed by atoms with Crippen molar-refractivity contribution in [3.05, 3.63) is 0 Å². The van der Waals surface area contributed by atoms with Crippen molar-refractivity contribution >= 4 is 21.7 Å². The molecule has 0 bridgehead atoms. The molecule has 0 aromatic carbocycles. The Hall–Kier alpha value is -1.11. The Kier molecular flexibility index (Phi) is 8.64. The first-order valence-electron chi connectivity index (χ1n) is 15.2. The van der Waals surface area contributed by atoms with Gasteiger partial charge in [-0.2, -0.15) is 0 Å². The molecule has 0 aromatic rings. The summed E-state index contributed by atoms with van der Waals surface area (Å²) in [7, 11) is -2.96. The largest absolute Gasteiger partial charge is 0.353 e. The van der Waals surface area contributed by atoms with Crippen LogP contribution < -0.4 is 5.32 Å². The van der Waals surface area contributed by atoms with Gasteiger partial charge in [-0.15, -0.1) is 0 Å². The Morgan fingerprint density at radius 2 is 1.36 bits per heavy atom. The van der Waals surface area contributed by atoms with Crippen LogP contribution in [0.2, 0.25) is 0 Å². The third kappa shape index (κ3) is 6.66. The van der Waals surface area contributed by atoms with E-state index in [-0.39, 0.29) is 23.1 Å². The monoisotopic (exact) mass is 520 g/mol. The van der Waals surface area contributed by atoms with Crippen molar-refractivity contribution in [2.24, 2.45) is 23.7 Å². The molecule has 2 unspecified atom stereocenters. The molecule has 2 amide bonds. The smallest absolute Gasteiger partial charge is 0.225 e. The molecular formula is C29H48N2O4S. The zero-order valence-corrected chi connectivity index (χ0v) is 23.0. The fourth-order valence-electron chi connectivity index (χ4n) is 7.78. The number of carbonyl (C=O) groups excluding carboxylic acids is 2. The van der Waals surface area contributed by atoms with Crippen LogP contribution in [-0.4, -0.2) is 54.8 Å². The summed E-state index contributed by atoms with van der Waals surface area (Å²) in [6.07, 6.45) is 18.2. The normalized spacial score (nSPS) is 35.9. The van der Waals surface area contributed by atoms with Gasteiger partial charge in [-0.1, -0.05) is 19.3 Å². The van der Waals surface area contributed by atoms with Gasteiger partial charge >= 0.3 is 0 Å². The molecule has 204 valence electrons. The van der Waals surface area contributed by atoms with Gasteiger partial charge in [0.25, 0.3) is 0 Å². The summed E-state index contributed by atoms with van der Waals surface area (Å²) >= 11 is 0. The maximum Gasteiger partial charge on any atom is 0.225 e. The highest BCUT2D eigenvalue weighted by atomic mass is 32.2. The third-order valence-electron chi connectivity index (χ3n) is 10.2. The number of fused-ring (bicyclic) bond motifs is 1. The summed E-state index contributed by atoms with van der Waals surface area (Å²) < 4.78 is 25.2. The van der Waals surface area contributed by atoms with Crippen molar-refractivity contribution in [1.82, 2.24) is 10.2 Å². The van der Waals surface area contributed by atoms with Crippen LogP contribution in [0.25, 0.3) is 0 Å². The predicted octanol–water partition coefficient (Wildman–Crippen LogP) is 5.01. The molecule has 36 heavy (non-hydrogen) atoms. The van der Waals surface area contributed by atoms with Crippen LogP contribution in [0.15, 0.2) is 0 Å². The van der Waals surface area contributed by atoms with Crippen LogP contribution in [0.1, 0.15) is 116 Å². The number of sulfone groups is 1. The minimum absolute atomic E-state index is 0.117. The van der Waals surface area contributed by atoms with E-state index in [1.165, 1.54) is 38.5 Å². The van der Waals surface area contributed by atoms with Gasteiger partial charge in [0, 0.05) is 31.0 Å². The van der Waals surface area contributed by atoms with Gasteiger partial charge in [-0.05, 0) is 108 Å². The van der Waals surface area contributed by atoms with Gasteiger partial charge in [0.15, 0.2) is 9.84 Å². The number of likely N-dealkylation sites (tertiary alicyclic amines) is 1. The zero-order chi connectivity index (χ0) is 25.1. The minimum Gasteiger partial charge on any atom is -0.353 e. The van der Waals surface area contributed by atoms with Crippen LogP contribution in [0, 0.1) is 23.7 Å². The van der Waals surface area contributed by atoms with E-state index in [9.17, 15) is 18.0 Å². The van der Waals surface area contributed by atoms with E-state index in [1.54, 1.807) is 0 Å². The lowest BCUT2D eigenvalue weighted by atomic mass is 9.80. The van der Waals surface area contributed by atoms with E-state index in [2.05, 4.69) is 10.2 Å². The number of hydrogen-bond donors (Lipinski definition) is 1. The summed E-state index contributed by atoms with van der Waals surface area (Å²) in [4.78, 5) is 28.6. The number of carbonyl (C=O) groups is 2.